The average Bonchev–Trinajstić information content (AvgIpc) is 3.09. The van der Waals surface area contributed by atoms with E-state index >= 15 is 0 Å². The highest BCUT2D eigenvalue weighted by molar-refractivity contribution is 5.76. The van der Waals surface area contributed by atoms with E-state index in [2.05, 4.69) is 22.5 Å². The first-order valence-electron chi connectivity index (χ1n) is 12.3. The Kier molecular flexibility index (Phi) is 6.24. The van der Waals surface area contributed by atoms with Crippen molar-refractivity contribution in [2.75, 3.05) is 0 Å². The summed E-state index contributed by atoms with van der Waals surface area (Å²) in [5, 5.41) is 3.08. The number of pyridine rings is 1. The fourth-order valence-electron chi connectivity index (χ4n) is 6.59. The number of cyclic esters (lactones) is 1. The van der Waals surface area contributed by atoms with E-state index in [4.69, 9.17) is 4.74 Å². The van der Waals surface area contributed by atoms with E-state index in [-0.39, 0.29) is 47.6 Å². The maximum Gasteiger partial charge on any atom is 0.309 e. The highest BCUT2D eigenvalue weighted by Crippen LogP contribution is 2.53. The monoisotopic (exact) mass is 462 g/mol. The SMILES string of the molecule is CC(=O)N[C@@H]1CC[C@@H]2[C@@H](C1)C[C@H]1C(=O)O[C@H](C)[C@H]1[C@H]2C=Cc1ccc(-c2cccc(F)c2)cn1. The van der Waals surface area contributed by atoms with Crippen molar-refractivity contribution in [2.24, 2.45) is 29.6 Å². The van der Waals surface area contributed by atoms with Crippen LogP contribution in [-0.2, 0) is 14.3 Å². The molecule has 7 atom stereocenters. The van der Waals surface area contributed by atoms with E-state index in [0.29, 0.717) is 11.8 Å². The zero-order valence-electron chi connectivity index (χ0n) is 19.6. The van der Waals surface area contributed by atoms with Crippen LogP contribution in [0.15, 0.2) is 48.7 Å². The maximum atomic E-state index is 13.6. The van der Waals surface area contributed by atoms with Gasteiger partial charge in [-0.15, -0.1) is 0 Å². The molecule has 1 aromatic carbocycles. The molecule has 0 bridgehead atoms. The van der Waals surface area contributed by atoms with Gasteiger partial charge in [0.15, 0.2) is 0 Å². The third-order valence-electron chi connectivity index (χ3n) is 7.99. The molecule has 1 aromatic heterocycles. The summed E-state index contributed by atoms with van der Waals surface area (Å²) >= 11 is 0. The Bertz CT molecular complexity index is 1100. The minimum atomic E-state index is -0.265. The predicted molar refractivity (Wildman–Crippen MR) is 128 cm³/mol. The molecule has 0 radical (unpaired) electrons. The van der Waals surface area contributed by atoms with Gasteiger partial charge >= 0.3 is 5.97 Å². The molecule has 0 spiro atoms. The molecule has 5 nitrogen and oxygen atoms in total. The van der Waals surface area contributed by atoms with E-state index in [1.54, 1.807) is 19.2 Å². The summed E-state index contributed by atoms with van der Waals surface area (Å²) < 4.78 is 19.2. The van der Waals surface area contributed by atoms with Crippen LogP contribution >= 0.6 is 0 Å². The van der Waals surface area contributed by atoms with Crippen molar-refractivity contribution >= 4 is 18.0 Å². The van der Waals surface area contributed by atoms with Gasteiger partial charge in [-0.05, 0) is 80.2 Å². The van der Waals surface area contributed by atoms with E-state index in [9.17, 15) is 14.0 Å². The topological polar surface area (TPSA) is 68.3 Å². The number of esters is 1. The van der Waals surface area contributed by atoms with Gasteiger partial charge in [-0.1, -0.05) is 24.3 Å². The lowest BCUT2D eigenvalue weighted by Crippen LogP contribution is -2.48. The number of hydrogen-bond donors (Lipinski definition) is 1. The van der Waals surface area contributed by atoms with Crippen LogP contribution in [0.25, 0.3) is 17.2 Å². The number of nitrogens with zero attached hydrogens (tertiary/aromatic N) is 1. The van der Waals surface area contributed by atoms with Crippen molar-refractivity contribution in [3.05, 3.63) is 60.2 Å². The van der Waals surface area contributed by atoms with Crippen LogP contribution in [0.4, 0.5) is 4.39 Å². The van der Waals surface area contributed by atoms with Crippen LogP contribution < -0.4 is 5.32 Å². The quantitative estimate of drug-likeness (QED) is 0.648. The first kappa shape index (κ1) is 22.8. The molecule has 1 aliphatic heterocycles. The van der Waals surface area contributed by atoms with Crippen molar-refractivity contribution in [3.8, 4) is 11.1 Å². The molecular formula is C28H31FN2O3. The number of fused-ring (bicyclic) bond motifs is 2. The lowest BCUT2D eigenvalue weighted by atomic mass is 9.57. The lowest BCUT2D eigenvalue weighted by molar-refractivity contribution is -0.144. The number of carbonyl (C=O) groups is 2. The Morgan fingerprint density at radius 3 is 2.76 bits per heavy atom. The van der Waals surface area contributed by atoms with Gasteiger partial charge in [-0.2, -0.15) is 0 Å². The second-order valence-corrected chi connectivity index (χ2v) is 10.1. The number of allylic oxidation sites excluding steroid dienone is 1. The van der Waals surface area contributed by atoms with Crippen LogP contribution in [-0.4, -0.2) is 29.0 Å². The average molecular weight is 463 g/mol. The number of benzene rings is 1. The minimum Gasteiger partial charge on any atom is -0.462 e. The van der Waals surface area contributed by atoms with Crippen LogP contribution in [0, 0.1) is 35.4 Å². The van der Waals surface area contributed by atoms with Gasteiger partial charge in [0, 0.05) is 30.6 Å². The van der Waals surface area contributed by atoms with Crippen LogP contribution in [0.3, 0.4) is 0 Å². The van der Waals surface area contributed by atoms with E-state index in [1.165, 1.54) is 12.1 Å². The van der Waals surface area contributed by atoms with Gasteiger partial charge in [0.2, 0.25) is 5.91 Å². The largest absolute Gasteiger partial charge is 0.462 e. The third kappa shape index (κ3) is 4.50. The number of carbonyl (C=O) groups excluding carboxylic acids is 2. The molecule has 2 aromatic rings. The molecule has 1 N–H and O–H groups in total. The first-order valence-corrected chi connectivity index (χ1v) is 12.3. The zero-order chi connectivity index (χ0) is 23.8. The van der Waals surface area contributed by atoms with Crippen molar-refractivity contribution in [1.29, 1.82) is 0 Å². The molecule has 3 aliphatic rings. The number of nitrogens with one attached hydrogen (secondary N) is 1. The van der Waals surface area contributed by atoms with E-state index in [1.807, 2.05) is 25.1 Å². The summed E-state index contributed by atoms with van der Waals surface area (Å²) in [6.07, 6.45) is 9.71. The summed E-state index contributed by atoms with van der Waals surface area (Å²) in [5.74, 6) is 0.850. The Hall–Kier alpha value is -3.02. The Balaban J connectivity index is 1.37. The number of hydrogen-bond acceptors (Lipinski definition) is 4. The van der Waals surface area contributed by atoms with Gasteiger partial charge < -0.3 is 10.1 Å². The number of rotatable bonds is 4. The summed E-state index contributed by atoms with van der Waals surface area (Å²) in [6.45, 7) is 3.58. The van der Waals surface area contributed by atoms with E-state index < -0.39 is 0 Å². The molecule has 5 rings (SSSR count). The fourth-order valence-corrected chi connectivity index (χ4v) is 6.59. The lowest BCUT2D eigenvalue weighted by Gasteiger charge is -2.47. The number of halogens is 1. The minimum absolute atomic E-state index is 0.00948. The van der Waals surface area contributed by atoms with Crippen molar-refractivity contribution in [2.45, 2.75) is 51.7 Å². The summed E-state index contributed by atoms with van der Waals surface area (Å²) in [6, 6.07) is 10.6. The molecule has 2 aliphatic carbocycles. The second kappa shape index (κ2) is 9.32. The molecular weight excluding hydrogens is 431 g/mol. The normalized spacial score (nSPS) is 32.7. The van der Waals surface area contributed by atoms with Gasteiger partial charge in [-0.25, -0.2) is 4.39 Å². The Labute approximate surface area is 199 Å². The van der Waals surface area contributed by atoms with Crippen molar-refractivity contribution in [3.63, 3.8) is 0 Å². The molecule has 3 fully saturated rings. The van der Waals surface area contributed by atoms with Crippen LogP contribution in [0.1, 0.15) is 45.2 Å². The molecule has 178 valence electrons. The van der Waals surface area contributed by atoms with Crippen molar-refractivity contribution in [1.82, 2.24) is 10.3 Å². The predicted octanol–water partition coefficient (Wildman–Crippen LogP) is 5.02. The molecule has 2 saturated carbocycles. The number of aromatic nitrogens is 1. The van der Waals surface area contributed by atoms with E-state index in [0.717, 1.165) is 42.5 Å². The number of ether oxygens (including phenoxy) is 1. The molecule has 1 amide bonds. The highest BCUT2D eigenvalue weighted by Gasteiger charge is 2.54. The van der Waals surface area contributed by atoms with Crippen LogP contribution in [0.5, 0.6) is 0 Å². The van der Waals surface area contributed by atoms with Crippen LogP contribution in [0.2, 0.25) is 0 Å². The molecule has 6 heteroatoms. The molecule has 0 unspecified atom stereocenters. The molecule has 34 heavy (non-hydrogen) atoms. The summed E-state index contributed by atoms with van der Waals surface area (Å²) in [4.78, 5) is 28.8. The Morgan fingerprint density at radius 2 is 2.03 bits per heavy atom. The van der Waals surface area contributed by atoms with Gasteiger partial charge in [0.25, 0.3) is 0 Å². The van der Waals surface area contributed by atoms with Gasteiger partial charge in [0.05, 0.1) is 11.6 Å². The summed E-state index contributed by atoms with van der Waals surface area (Å²) in [7, 11) is 0. The fraction of sp³-hybridized carbons (Fsp3) is 0.464. The summed E-state index contributed by atoms with van der Waals surface area (Å²) in [5.41, 5.74) is 2.50. The standard InChI is InChI=1S/C28H31FN2O3/c1-16-27-25(11-8-22-7-6-19(15-30-22)18-4-3-5-21(29)12-18)24-10-9-23(31-17(2)32)13-20(24)14-26(27)28(33)34-16/h3-8,11-12,15-16,20,23-27H,9-10,13-14H2,1-2H3,(H,31,32)/t16-,20+,23-,24-,25+,26-,27+/m1/s1. The highest BCUT2D eigenvalue weighted by atomic mass is 19.1. The van der Waals surface area contributed by atoms with Crippen molar-refractivity contribution < 1.29 is 18.7 Å². The smallest absolute Gasteiger partial charge is 0.309 e. The Morgan fingerprint density at radius 1 is 1.18 bits per heavy atom. The van der Waals surface area contributed by atoms with Gasteiger partial charge in [0.1, 0.15) is 11.9 Å². The second-order valence-electron chi connectivity index (χ2n) is 10.1. The molecule has 1 saturated heterocycles. The van der Waals surface area contributed by atoms with Gasteiger partial charge in [-0.3, -0.25) is 14.6 Å². The molecule has 2 heterocycles. The zero-order valence-corrected chi connectivity index (χ0v) is 19.6. The number of amides is 1. The first-order chi connectivity index (χ1) is 16.4. The maximum absolute atomic E-state index is 13.6. The third-order valence-corrected chi connectivity index (χ3v) is 7.99.